The summed E-state index contributed by atoms with van der Waals surface area (Å²) in [5.74, 6) is 0.701. The third-order valence-corrected chi connectivity index (χ3v) is 2.23. The van der Waals surface area contributed by atoms with Crippen LogP contribution in [0.4, 0.5) is 0 Å². The Morgan fingerprint density at radius 2 is 2.14 bits per heavy atom. The largest absolute Gasteiger partial charge is 0.464 e. The number of halogens is 1. The van der Waals surface area contributed by atoms with E-state index in [0.29, 0.717) is 16.3 Å². The van der Waals surface area contributed by atoms with E-state index in [0.717, 1.165) is 11.8 Å². The Kier molecular flexibility index (Phi) is 2.37. The van der Waals surface area contributed by atoms with Crippen molar-refractivity contribution in [2.45, 2.75) is 0 Å². The van der Waals surface area contributed by atoms with Crippen molar-refractivity contribution in [3.8, 4) is 11.3 Å². The molecule has 1 aromatic carbocycles. The van der Waals surface area contributed by atoms with Gasteiger partial charge in [0.05, 0.1) is 11.3 Å². The molecular weight excluding hydrogens is 200 g/mol. The fourth-order valence-electron chi connectivity index (χ4n) is 1.24. The Labute approximate surface area is 86.1 Å². The highest BCUT2D eigenvalue weighted by atomic mass is 35.5. The summed E-state index contributed by atoms with van der Waals surface area (Å²) in [6.07, 6.45) is 2.34. The van der Waals surface area contributed by atoms with Gasteiger partial charge in [-0.05, 0) is 24.3 Å². The molecule has 0 bridgehead atoms. The SMILES string of the molecule is O=Cc1ccc(-c2ccco2)c(Cl)c1. The normalized spacial score (nSPS) is 10.1. The van der Waals surface area contributed by atoms with Crippen LogP contribution in [0.2, 0.25) is 5.02 Å². The molecule has 14 heavy (non-hydrogen) atoms. The van der Waals surface area contributed by atoms with Gasteiger partial charge in [-0.1, -0.05) is 17.7 Å². The molecule has 2 nitrogen and oxygen atoms in total. The molecule has 70 valence electrons. The molecule has 0 spiro atoms. The summed E-state index contributed by atoms with van der Waals surface area (Å²) < 4.78 is 5.20. The first-order valence-electron chi connectivity index (χ1n) is 4.10. The Morgan fingerprint density at radius 1 is 1.29 bits per heavy atom. The van der Waals surface area contributed by atoms with Gasteiger partial charge in [0.15, 0.2) is 0 Å². The van der Waals surface area contributed by atoms with Gasteiger partial charge in [0.1, 0.15) is 12.0 Å². The summed E-state index contributed by atoms with van der Waals surface area (Å²) in [5, 5.41) is 0.518. The maximum absolute atomic E-state index is 10.5. The molecule has 2 aromatic rings. The van der Waals surface area contributed by atoms with Gasteiger partial charge in [0.25, 0.3) is 0 Å². The van der Waals surface area contributed by atoms with Crippen molar-refractivity contribution in [1.82, 2.24) is 0 Å². The quantitative estimate of drug-likeness (QED) is 0.705. The Morgan fingerprint density at radius 3 is 2.71 bits per heavy atom. The van der Waals surface area contributed by atoms with Crippen molar-refractivity contribution < 1.29 is 9.21 Å². The van der Waals surface area contributed by atoms with Crippen LogP contribution in [0.3, 0.4) is 0 Å². The summed E-state index contributed by atoms with van der Waals surface area (Å²) in [4.78, 5) is 10.5. The van der Waals surface area contributed by atoms with Crippen LogP contribution in [-0.2, 0) is 0 Å². The third-order valence-electron chi connectivity index (χ3n) is 1.92. The van der Waals surface area contributed by atoms with E-state index in [1.165, 1.54) is 0 Å². The molecule has 0 N–H and O–H groups in total. The molecule has 0 aliphatic heterocycles. The lowest BCUT2D eigenvalue weighted by Gasteiger charge is -2.00. The van der Waals surface area contributed by atoms with Crippen LogP contribution < -0.4 is 0 Å². The Hall–Kier alpha value is -1.54. The molecule has 0 atom stereocenters. The van der Waals surface area contributed by atoms with Crippen molar-refractivity contribution in [2.75, 3.05) is 0 Å². The lowest BCUT2D eigenvalue weighted by molar-refractivity contribution is 0.112. The highest BCUT2D eigenvalue weighted by Gasteiger charge is 2.06. The first kappa shape index (κ1) is 9.03. The second kappa shape index (κ2) is 3.68. The molecule has 0 radical (unpaired) electrons. The number of carbonyl (C=O) groups is 1. The lowest BCUT2D eigenvalue weighted by Crippen LogP contribution is -1.81. The summed E-state index contributed by atoms with van der Waals surface area (Å²) in [6, 6.07) is 8.70. The van der Waals surface area contributed by atoms with E-state index >= 15 is 0 Å². The van der Waals surface area contributed by atoms with Crippen LogP contribution in [0.15, 0.2) is 41.0 Å². The minimum Gasteiger partial charge on any atom is -0.464 e. The molecule has 0 amide bonds. The van der Waals surface area contributed by atoms with Gasteiger partial charge in [-0.2, -0.15) is 0 Å². The monoisotopic (exact) mass is 206 g/mol. The van der Waals surface area contributed by atoms with Crippen molar-refractivity contribution in [1.29, 1.82) is 0 Å². The van der Waals surface area contributed by atoms with E-state index in [4.69, 9.17) is 16.0 Å². The van der Waals surface area contributed by atoms with Gasteiger partial charge in [-0.25, -0.2) is 0 Å². The number of benzene rings is 1. The molecule has 0 fully saturated rings. The van der Waals surface area contributed by atoms with Gasteiger partial charge in [-0.3, -0.25) is 4.79 Å². The average Bonchev–Trinajstić information content (AvgIpc) is 2.70. The number of hydrogen-bond donors (Lipinski definition) is 0. The summed E-state index contributed by atoms with van der Waals surface area (Å²) in [5.41, 5.74) is 1.35. The first-order chi connectivity index (χ1) is 6.81. The minimum atomic E-state index is 0.518. The van der Waals surface area contributed by atoms with Gasteiger partial charge < -0.3 is 4.42 Å². The lowest BCUT2D eigenvalue weighted by atomic mass is 10.1. The van der Waals surface area contributed by atoms with Gasteiger partial charge in [-0.15, -0.1) is 0 Å². The molecule has 2 rings (SSSR count). The molecular formula is C11H7ClO2. The number of furan rings is 1. The van der Waals surface area contributed by atoms with Crippen LogP contribution in [0.5, 0.6) is 0 Å². The molecule has 0 saturated heterocycles. The molecule has 0 saturated carbocycles. The fourth-order valence-corrected chi connectivity index (χ4v) is 1.52. The van der Waals surface area contributed by atoms with E-state index < -0.39 is 0 Å². The van der Waals surface area contributed by atoms with Gasteiger partial charge in [0.2, 0.25) is 0 Å². The molecule has 0 aliphatic carbocycles. The number of hydrogen-bond acceptors (Lipinski definition) is 2. The van der Waals surface area contributed by atoms with Crippen LogP contribution >= 0.6 is 11.6 Å². The molecule has 1 aromatic heterocycles. The maximum atomic E-state index is 10.5. The van der Waals surface area contributed by atoms with Crippen molar-refractivity contribution >= 4 is 17.9 Å². The van der Waals surface area contributed by atoms with Crippen LogP contribution in [0.25, 0.3) is 11.3 Å². The van der Waals surface area contributed by atoms with Gasteiger partial charge >= 0.3 is 0 Å². The number of rotatable bonds is 2. The van der Waals surface area contributed by atoms with Crippen molar-refractivity contribution in [3.05, 3.63) is 47.2 Å². The molecule has 0 unspecified atom stereocenters. The summed E-state index contributed by atoms with van der Waals surface area (Å²) in [7, 11) is 0. The predicted octanol–water partition coefficient (Wildman–Crippen LogP) is 3.41. The van der Waals surface area contributed by atoms with E-state index in [9.17, 15) is 4.79 Å². The Balaban J connectivity index is 2.51. The fraction of sp³-hybridized carbons (Fsp3) is 0. The average molecular weight is 207 g/mol. The molecule has 1 heterocycles. The molecule has 0 aliphatic rings. The highest BCUT2D eigenvalue weighted by molar-refractivity contribution is 6.33. The third kappa shape index (κ3) is 1.56. The van der Waals surface area contributed by atoms with Crippen molar-refractivity contribution in [3.63, 3.8) is 0 Å². The first-order valence-corrected chi connectivity index (χ1v) is 4.47. The van der Waals surface area contributed by atoms with E-state index in [-0.39, 0.29) is 0 Å². The molecule has 3 heteroatoms. The number of carbonyl (C=O) groups excluding carboxylic acids is 1. The maximum Gasteiger partial charge on any atom is 0.150 e. The topological polar surface area (TPSA) is 30.2 Å². The second-order valence-corrected chi connectivity index (χ2v) is 3.24. The highest BCUT2D eigenvalue weighted by Crippen LogP contribution is 2.28. The zero-order valence-corrected chi connectivity index (χ0v) is 7.99. The second-order valence-electron chi connectivity index (χ2n) is 2.83. The Bertz CT molecular complexity index is 446. The zero-order chi connectivity index (χ0) is 9.97. The zero-order valence-electron chi connectivity index (χ0n) is 7.24. The van der Waals surface area contributed by atoms with Crippen LogP contribution in [-0.4, -0.2) is 6.29 Å². The summed E-state index contributed by atoms with van der Waals surface area (Å²) >= 11 is 5.98. The van der Waals surface area contributed by atoms with Crippen molar-refractivity contribution in [2.24, 2.45) is 0 Å². The van der Waals surface area contributed by atoms with E-state index in [1.807, 2.05) is 6.07 Å². The predicted molar refractivity (Wildman–Crippen MR) is 54.5 cm³/mol. The van der Waals surface area contributed by atoms with Gasteiger partial charge in [0, 0.05) is 11.1 Å². The van der Waals surface area contributed by atoms with E-state index in [2.05, 4.69) is 0 Å². The smallest absolute Gasteiger partial charge is 0.150 e. The van der Waals surface area contributed by atoms with Crippen LogP contribution in [0, 0.1) is 0 Å². The van der Waals surface area contributed by atoms with Crippen LogP contribution in [0.1, 0.15) is 10.4 Å². The minimum absolute atomic E-state index is 0.518. The summed E-state index contributed by atoms with van der Waals surface area (Å²) in [6.45, 7) is 0. The van der Waals surface area contributed by atoms with E-state index in [1.54, 1.807) is 30.5 Å². The number of aldehydes is 1. The standard InChI is InChI=1S/C11H7ClO2/c12-10-6-8(7-13)3-4-9(10)11-2-1-5-14-11/h1-7H.